The minimum atomic E-state index is 0.236. The molecule has 0 fully saturated rings. The first kappa shape index (κ1) is 18.3. The normalized spacial score (nSPS) is 12.2. The van der Waals surface area contributed by atoms with Crippen LogP contribution in [-0.2, 0) is 6.61 Å². The van der Waals surface area contributed by atoms with Crippen LogP contribution in [0.1, 0.15) is 11.1 Å². The molecule has 5 nitrogen and oxygen atoms in total. The van der Waals surface area contributed by atoms with E-state index < -0.39 is 0 Å². The van der Waals surface area contributed by atoms with E-state index in [4.69, 9.17) is 23.9 Å². The van der Waals surface area contributed by atoms with Gasteiger partial charge in [-0.25, -0.2) is 4.98 Å². The predicted octanol–water partition coefficient (Wildman–Crippen LogP) is 5.40. The Kier molecular flexibility index (Phi) is 4.64. The molecule has 1 aromatic heterocycles. The summed E-state index contributed by atoms with van der Waals surface area (Å²) < 4.78 is 22.6. The van der Waals surface area contributed by atoms with Gasteiger partial charge in [-0.1, -0.05) is 42.5 Å². The lowest BCUT2D eigenvalue weighted by Crippen LogP contribution is -2.03. The lowest BCUT2D eigenvalue weighted by atomic mass is 9.96. The van der Waals surface area contributed by atoms with Gasteiger partial charge in [-0.2, -0.15) is 0 Å². The maximum absolute atomic E-state index is 6.12. The van der Waals surface area contributed by atoms with Gasteiger partial charge >= 0.3 is 0 Å². The molecule has 0 atom stereocenters. The topological polar surface area (TPSA) is 49.8 Å². The molecule has 1 aliphatic rings. The predicted molar refractivity (Wildman–Crippen MR) is 115 cm³/mol. The number of rotatable bonds is 5. The first-order chi connectivity index (χ1) is 14.7. The van der Waals surface area contributed by atoms with E-state index in [-0.39, 0.29) is 6.79 Å². The zero-order valence-corrected chi connectivity index (χ0v) is 16.6. The zero-order valence-electron chi connectivity index (χ0n) is 16.6. The van der Waals surface area contributed by atoms with E-state index in [1.807, 2.05) is 66.7 Å². The highest BCUT2D eigenvalue weighted by Gasteiger charge is 2.19. The van der Waals surface area contributed by atoms with Crippen molar-refractivity contribution in [1.82, 2.24) is 4.98 Å². The second-order valence-electron chi connectivity index (χ2n) is 6.96. The summed E-state index contributed by atoms with van der Waals surface area (Å²) in [5.41, 5.74) is 4.45. The van der Waals surface area contributed by atoms with E-state index in [0.29, 0.717) is 12.5 Å². The van der Waals surface area contributed by atoms with Crippen molar-refractivity contribution in [2.45, 2.75) is 6.61 Å². The van der Waals surface area contributed by atoms with Gasteiger partial charge in [0.05, 0.1) is 12.6 Å². The number of hydrogen-bond donors (Lipinski definition) is 0. The first-order valence-corrected chi connectivity index (χ1v) is 9.64. The fourth-order valence-corrected chi connectivity index (χ4v) is 3.70. The largest absolute Gasteiger partial charge is 0.496 e. The van der Waals surface area contributed by atoms with Crippen LogP contribution in [0.5, 0.6) is 23.1 Å². The summed E-state index contributed by atoms with van der Waals surface area (Å²) in [6.07, 6.45) is 0. The molecule has 0 amide bonds. The second kappa shape index (κ2) is 7.59. The number of benzene rings is 3. The van der Waals surface area contributed by atoms with Crippen molar-refractivity contribution in [2.75, 3.05) is 13.9 Å². The van der Waals surface area contributed by atoms with Crippen molar-refractivity contribution >= 4 is 10.9 Å². The van der Waals surface area contributed by atoms with Crippen LogP contribution < -0.4 is 18.9 Å². The van der Waals surface area contributed by atoms with Crippen LogP contribution >= 0.6 is 0 Å². The molecule has 0 saturated heterocycles. The van der Waals surface area contributed by atoms with Gasteiger partial charge in [0.25, 0.3) is 0 Å². The number of para-hydroxylation sites is 2. The summed E-state index contributed by atoms with van der Waals surface area (Å²) in [7, 11) is 1.65. The SMILES string of the molecule is [CH2]c1c(OCc2ccccc2OC)nc2ccccc2c1-c1ccc2c(c1)OCO2. The number of methoxy groups -OCH3 is 1. The fraction of sp³-hybridized carbons (Fsp3) is 0.120. The summed E-state index contributed by atoms with van der Waals surface area (Å²) in [4.78, 5) is 4.72. The molecule has 0 spiro atoms. The van der Waals surface area contributed by atoms with Gasteiger partial charge in [-0.3, -0.25) is 0 Å². The molecule has 0 aliphatic carbocycles. The van der Waals surface area contributed by atoms with E-state index in [0.717, 1.165) is 50.4 Å². The molecule has 5 rings (SSSR count). The number of pyridine rings is 1. The van der Waals surface area contributed by atoms with Crippen LogP contribution in [0, 0.1) is 6.92 Å². The standard InChI is InChI=1S/C25H20NO4/c1-16-24(17-11-12-22-23(13-17)30-15-29-22)19-8-4-5-9-20(19)26-25(16)28-14-18-7-3-6-10-21(18)27-2/h3-13H,1,14-15H2,2H3. The van der Waals surface area contributed by atoms with E-state index in [1.165, 1.54) is 0 Å². The summed E-state index contributed by atoms with van der Waals surface area (Å²) in [5.74, 6) is 2.74. The molecule has 30 heavy (non-hydrogen) atoms. The third kappa shape index (κ3) is 3.18. The fourth-order valence-electron chi connectivity index (χ4n) is 3.70. The first-order valence-electron chi connectivity index (χ1n) is 9.64. The molecule has 4 aromatic rings. The highest BCUT2D eigenvalue weighted by atomic mass is 16.7. The highest BCUT2D eigenvalue weighted by Crippen LogP contribution is 2.41. The van der Waals surface area contributed by atoms with Gasteiger partial charge in [-0.15, -0.1) is 0 Å². The lowest BCUT2D eigenvalue weighted by Gasteiger charge is -2.16. The molecule has 0 N–H and O–H groups in total. The average molecular weight is 398 g/mol. The summed E-state index contributed by atoms with van der Waals surface area (Å²) in [6, 6.07) is 21.7. The average Bonchev–Trinajstić information content (AvgIpc) is 3.26. The molecule has 1 aliphatic heterocycles. The Balaban J connectivity index is 1.59. The quantitative estimate of drug-likeness (QED) is 0.450. The Labute approximate surface area is 174 Å². The van der Waals surface area contributed by atoms with Gasteiger partial charge in [0.1, 0.15) is 12.4 Å². The van der Waals surface area contributed by atoms with Crippen LogP contribution in [0.2, 0.25) is 0 Å². The monoisotopic (exact) mass is 398 g/mol. The van der Waals surface area contributed by atoms with Crippen molar-refractivity contribution < 1.29 is 18.9 Å². The molecular weight excluding hydrogens is 378 g/mol. The number of fused-ring (bicyclic) bond motifs is 2. The van der Waals surface area contributed by atoms with E-state index in [2.05, 4.69) is 6.92 Å². The van der Waals surface area contributed by atoms with Crippen molar-refractivity contribution in [3.05, 3.63) is 84.8 Å². The van der Waals surface area contributed by atoms with Crippen LogP contribution in [0.15, 0.2) is 66.7 Å². The molecular formula is C25H20NO4. The Bertz CT molecular complexity index is 1240. The molecule has 149 valence electrons. The summed E-state index contributed by atoms with van der Waals surface area (Å²) in [6.45, 7) is 4.87. The van der Waals surface area contributed by atoms with Crippen LogP contribution in [0.25, 0.3) is 22.0 Å². The minimum Gasteiger partial charge on any atom is -0.496 e. The van der Waals surface area contributed by atoms with E-state index in [9.17, 15) is 0 Å². The molecule has 1 radical (unpaired) electrons. The lowest BCUT2D eigenvalue weighted by molar-refractivity contribution is 0.174. The third-order valence-corrected chi connectivity index (χ3v) is 5.17. The number of nitrogens with zero attached hydrogens (tertiary/aromatic N) is 1. The Hall–Kier alpha value is -3.73. The van der Waals surface area contributed by atoms with Crippen molar-refractivity contribution in [3.63, 3.8) is 0 Å². The zero-order chi connectivity index (χ0) is 20.5. The van der Waals surface area contributed by atoms with Gasteiger partial charge in [0.2, 0.25) is 12.7 Å². The van der Waals surface area contributed by atoms with Crippen molar-refractivity contribution in [3.8, 4) is 34.3 Å². The van der Waals surface area contributed by atoms with Crippen molar-refractivity contribution in [1.29, 1.82) is 0 Å². The van der Waals surface area contributed by atoms with Gasteiger partial charge in [0.15, 0.2) is 11.5 Å². The maximum Gasteiger partial charge on any atom is 0.231 e. The molecule has 5 heteroatoms. The maximum atomic E-state index is 6.12. The summed E-state index contributed by atoms with van der Waals surface area (Å²) >= 11 is 0. The van der Waals surface area contributed by atoms with Crippen LogP contribution in [0.4, 0.5) is 0 Å². The molecule has 0 saturated carbocycles. The van der Waals surface area contributed by atoms with E-state index in [1.54, 1.807) is 7.11 Å². The van der Waals surface area contributed by atoms with E-state index >= 15 is 0 Å². The Morgan fingerprint density at radius 2 is 1.77 bits per heavy atom. The van der Waals surface area contributed by atoms with Gasteiger partial charge in [-0.05, 0) is 42.3 Å². The number of hydrogen-bond acceptors (Lipinski definition) is 5. The van der Waals surface area contributed by atoms with Crippen molar-refractivity contribution in [2.24, 2.45) is 0 Å². The second-order valence-corrected chi connectivity index (χ2v) is 6.96. The third-order valence-electron chi connectivity index (χ3n) is 5.17. The number of ether oxygens (including phenoxy) is 4. The molecule has 3 aromatic carbocycles. The Morgan fingerprint density at radius 1 is 0.967 bits per heavy atom. The van der Waals surface area contributed by atoms with Gasteiger partial charge < -0.3 is 18.9 Å². The number of aromatic nitrogens is 1. The molecule has 2 heterocycles. The summed E-state index contributed by atoms with van der Waals surface area (Å²) in [5, 5.41) is 1.01. The smallest absolute Gasteiger partial charge is 0.231 e. The Morgan fingerprint density at radius 3 is 2.67 bits per heavy atom. The van der Waals surface area contributed by atoms with Crippen LogP contribution in [-0.4, -0.2) is 18.9 Å². The van der Waals surface area contributed by atoms with Gasteiger partial charge in [0, 0.05) is 16.5 Å². The molecule has 0 bridgehead atoms. The molecule has 0 unspecified atom stereocenters. The minimum absolute atomic E-state index is 0.236. The highest BCUT2D eigenvalue weighted by molar-refractivity contribution is 5.98. The van der Waals surface area contributed by atoms with Crippen LogP contribution in [0.3, 0.4) is 0 Å².